The summed E-state index contributed by atoms with van der Waals surface area (Å²) in [7, 11) is 1.03. The summed E-state index contributed by atoms with van der Waals surface area (Å²) in [5.41, 5.74) is 1.49. The van der Waals surface area contributed by atoms with Crippen molar-refractivity contribution in [3.05, 3.63) is 76.5 Å². The van der Waals surface area contributed by atoms with E-state index in [1.165, 1.54) is 12.1 Å². The van der Waals surface area contributed by atoms with Crippen molar-refractivity contribution in [3.63, 3.8) is 0 Å². The number of methoxy groups -OCH3 is 1. The number of nitrogens with zero attached hydrogens (tertiary/aromatic N) is 2. The fraction of sp³-hybridized carbons (Fsp3) is 0.0769. The molecule has 0 atom stereocenters. The number of primary amides is 1. The Balaban J connectivity index is 1.86. The molecule has 12 nitrogen and oxygen atoms in total. The monoisotopic (exact) mass is 567 g/mol. The first-order chi connectivity index (χ1) is 19.3. The first-order valence-electron chi connectivity index (χ1n) is 11.2. The Morgan fingerprint density at radius 1 is 1.02 bits per heavy atom. The summed E-state index contributed by atoms with van der Waals surface area (Å²) in [6.45, 7) is 0. The van der Waals surface area contributed by atoms with Crippen LogP contribution in [0.4, 0.5) is 29.3 Å². The molecule has 3 aromatic carbocycles. The molecule has 0 radical (unpaired) electrons. The van der Waals surface area contributed by atoms with Crippen molar-refractivity contribution < 1.29 is 46.7 Å². The predicted molar refractivity (Wildman–Crippen MR) is 135 cm³/mol. The third-order valence-electron chi connectivity index (χ3n) is 5.76. The summed E-state index contributed by atoms with van der Waals surface area (Å²) >= 11 is 0. The highest BCUT2D eigenvalue weighted by atomic mass is 19.4. The number of nitrogens with one attached hydrogen (secondary N) is 2. The molecule has 0 bridgehead atoms. The molecule has 0 spiro atoms. The molecule has 5 N–H and O–H groups in total. The molecule has 15 heteroatoms. The molecular formula is C26H16F3N5O7. The van der Waals surface area contributed by atoms with Crippen LogP contribution in [-0.2, 0) is 10.9 Å². The Morgan fingerprint density at radius 3 is 2.37 bits per heavy atom. The number of fused-ring (bicyclic) bond motifs is 1. The van der Waals surface area contributed by atoms with E-state index in [4.69, 9.17) is 15.5 Å². The van der Waals surface area contributed by atoms with Gasteiger partial charge in [0.1, 0.15) is 0 Å². The van der Waals surface area contributed by atoms with Crippen LogP contribution in [0.1, 0.15) is 42.3 Å². The van der Waals surface area contributed by atoms with Gasteiger partial charge >= 0.3 is 18.2 Å². The zero-order valence-corrected chi connectivity index (χ0v) is 20.6. The van der Waals surface area contributed by atoms with Crippen LogP contribution in [0, 0.1) is 11.3 Å². The van der Waals surface area contributed by atoms with Crippen LogP contribution >= 0.6 is 0 Å². The molecule has 0 unspecified atom stereocenters. The van der Waals surface area contributed by atoms with Crippen LogP contribution in [0.3, 0.4) is 0 Å². The fourth-order valence-electron chi connectivity index (χ4n) is 3.92. The lowest BCUT2D eigenvalue weighted by Gasteiger charge is -2.17. The predicted octanol–water partition coefficient (Wildman–Crippen LogP) is 4.61. The van der Waals surface area contributed by atoms with Gasteiger partial charge in [-0.05, 0) is 53.6 Å². The van der Waals surface area contributed by atoms with Crippen LogP contribution in [0.25, 0.3) is 22.1 Å². The van der Waals surface area contributed by atoms with Gasteiger partial charge in [0.2, 0.25) is 5.91 Å². The molecule has 3 amide bonds. The lowest BCUT2D eigenvalue weighted by molar-refractivity contribution is -0.137. The van der Waals surface area contributed by atoms with Crippen LogP contribution in [0.15, 0.2) is 53.1 Å². The van der Waals surface area contributed by atoms with Gasteiger partial charge in [-0.2, -0.15) is 18.4 Å². The minimum absolute atomic E-state index is 0.0178. The third-order valence-corrected chi connectivity index (χ3v) is 5.76. The van der Waals surface area contributed by atoms with Crippen LogP contribution in [0.2, 0.25) is 0 Å². The van der Waals surface area contributed by atoms with E-state index >= 15 is 0 Å². The molecule has 4 aromatic rings. The summed E-state index contributed by atoms with van der Waals surface area (Å²) in [6, 6.07) is 10.1. The number of carboxylic acid groups (broad SMARTS) is 1. The highest BCUT2D eigenvalue weighted by Crippen LogP contribution is 2.41. The van der Waals surface area contributed by atoms with Gasteiger partial charge in [0.05, 0.1) is 46.5 Å². The zero-order chi connectivity index (χ0) is 30.1. The van der Waals surface area contributed by atoms with E-state index in [1.807, 2.05) is 0 Å². The molecule has 0 saturated carbocycles. The van der Waals surface area contributed by atoms with Crippen molar-refractivity contribution in [2.75, 3.05) is 17.7 Å². The van der Waals surface area contributed by atoms with E-state index in [0.717, 1.165) is 37.4 Å². The summed E-state index contributed by atoms with van der Waals surface area (Å²) in [6.07, 6.45) is -5.98. The van der Waals surface area contributed by atoms with Gasteiger partial charge in [-0.3, -0.25) is 14.9 Å². The zero-order valence-electron chi connectivity index (χ0n) is 20.6. The molecular weight excluding hydrogens is 551 g/mol. The maximum atomic E-state index is 14.1. The SMILES string of the molecule is COC(=O)Nc1ccc(-c2cc3c(C(=O)Nc4ccc(C#N)cc4C(=O)O)noc3cc2C(N)=O)c(C(F)(F)F)c1. The number of rotatable bonds is 6. The van der Waals surface area contributed by atoms with Crippen molar-refractivity contribution in [2.45, 2.75) is 6.18 Å². The van der Waals surface area contributed by atoms with E-state index in [1.54, 1.807) is 6.07 Å². The number of hydrogen-bond acceptors (Lipinski definition) is 8. The quantitative estimate of drug-likeness (QED) is 0.257. The van der Waals surface area contributed by atoms with E-state index in [2.05, 4.69) is 20.5 Å². The van der Waals surface area contributed by atoms with Crippen LogP contribution in [0.5, 0.6) is 0 Å². The van der Waals surface area contributed by atoms with Gasteiger partial charge in [-0.25, -0.2) is 9.59 Å². The topological polar surface area (TPSA) is 198 Å². The van der Waals surface area contributed by atoms with Gasteiger partial charge < -0.3 is 25.4 Å². The van der Waals surface area contributed by atoms with Crippen molar-refractivity contribution in [1.29, 1.82) is 5.26 Å². The Morgan fingerprint density at radius 2 is 1.76 bits per heavy atom. The second-order valence-corrected chi connectivity index (χ2v) is 8.30. The minimum Gasteiger partial charge on any atom is -0.478 e. The highest BCUT2D eigenvalue weighted by molar-refractivity contribution is 6.14. The number of anilines is 2. The van der Waals surface area contributed by atoms with Crippen LogP contribution < -0.4 is 16.4 Å². The number of alkyl halides is 3. The second-order valence-electron chi connectivity index (χ2n) is 8.30. The van der Waals surface area contributed by atoms with Crippen molar-refractivity contribution in [1.82, 2.24) is 5.16 Å². The number of benzene rings is 3. The number of carbonyl (C=O) groups excluding carboxylic acids is 3. The molecule has 0 saturated heterocycles. The molecule has 4 rings (SSSR count). The van der Waals surface area contributed by atoms with Crippen LogP contribution in [-0.4, -0.2) is 41.2 Å². The summed E-state index contributed by atoms with van der Waals surface area (Å²) in [5.74, 6) is -3.55. The summed E-state index contributed by atoms with van der Waals surface area (Å²) < 4.78 is 51.8. The van der Waals surface area contributed by atoms with E-state index in [9.17, 15) is 37.5 Å². The average molecular weight is 567 g/mol. The Labute approximate surface area is 227 Å². The molecule has 0 aliphatic heterocycles. The molecule has 0 fully saturated rings. The van der Waals surface area contributed by atoms with Gasteiger partial charge in [0.15, 0.2) is 11.3 Å². The third kappa shape index (κ3) is 5.61. The fourth-order valence-corrected chi connectivity index (χ4v) is 3.92. The molecule has 1 aromatic heterocycles. The normalized spacial score (nSPS) is 11.0. The Hall–Kier alpha value is -5.91. The van der Waals surface area contributed by atoms with Crippen molar-refractivity contribution in [3.8, 4) is 17.2 Å². The van der Waals surface area contributed by atoms with E-state index in [0.29, 0.717) is 6.07 Å². The average Bonchev–Trinajstić information content (AvgIpc) is 3.35. The summed E-state index contributed by atoms with van der Waals surface area (Å²) in [4.78, 5) is 48.4. The summed E-state index contributed by atoms with van der Waals surface area (Å²) in [5, 5.41) is 26.4. The van der Waals surface area contributed by atoms with Gasteiger partial charge in [-0.1, -0.05) is 11.2 Å². The number of carbonyl (C=O) groups is 4. The number of aromatic nitrogens is 1. The number of nitrogens with two attached hydrogens (primary N) is 1. The standard InChI is InChI=1S/C26H16F3N5O7/c1-40-25(39)32-12-3-4-13(18(7-12)26(27,28)29)14-8-17-20(9-15(14)22(31)35)41-34-21(17)23(36)33-19-5-2-11(10-30)6-16(19)24(37)38/h2-9H,1H3,(H2,31,35)(H,32,39)(H,33,36)(H,37,38). The van der Waals surface area contributed by atoms with E-state index < -0.39 is 52.4 Å². The molecule has 0 aliphatic carbocycles. The first-order valence-corrected chi connectivity index (χ1v) is 11.2. The maximum absolute atomic E-state index is 14.1. The second kappa shape index (κ2) is 10.7. The maximum Gasteiger partial charge on any atom is 0.417 e. The number of carboxylic acids is 1. The number of amides is 3. The minimum atomic E-state index is -4.97. The Kier molecular flexibility index (Phi) is 7.33. The Bertz CT molecular complexity index is 1790. The van der Waals surface area contributed by atoms with Gasteiger partial charge in [0, 0.05) is 5.69 Å². The lowest BCUT2D eigenvalue weighted by atomic mass is 9.92. The molecule has 1 heterocycles. The number of aromatic carboxylic acids is 1. The van der Waals surface area contributed by atoms with E-state index in [-0.39, 0.29) is 39.0 Å². The molecule has 208 valence electrons. The lowest BCUT2D eigenvalue weighted by Crippen LogP contribution is -2.16. The van der Waals surface area contributed by atoms with Crippen molar-refractivity contribution in [2.24, 2.45) is 5.73 Å². The highest BCUT2D eigenvalue weighted by Gasteiger charge is 2.35. The van der Waals surface area contributed by atoms with Crippen molar-refractivity contribution >= 4 is 46.2 Å². The largest absolute Gasteiger partial charge is 0.478 e. The molecule has 41 heavy (non-hydrogen) atoms. The smallest absolute Gasteiger partial charge is 0.417 e. The number of halogens is 3. The molecule has 0 aliphatic rings. The number of ether oxygens (including phenoxy) is 1. The van der Waals surface area contributed by atoms with Gasteiger partial charge in [0.25, 0.3) is 5.91 Å². The van der Waals surface area contributed by atoms with Gasteiger partial charge in [-0.15, -0.1) is 0 Å². The number of hydrogen-bond donors (Lipinski definition) is 4. The first kappa shape index (κ1) is 28.1. The number of nitriles is 1.